The van der Waals surface area contributed by atoms with E-state index in [1.165, 1.54) is 6.08 Å². The van der Waals surface area contributed by atoms with Gasteiger partial charge in [0.05, 0.1) is 0 Å². The van der Waals surface area contributed by atoms with Gasteiger partial charge in [0.2, 0.25) is 0 Å². The number of rotatable bonds is 3. The topological polar surface area (TPSA) is 46.5 Å². The number of ketones is 1. The first-order valence-electron chi connectivity index (χ1n) is 7.43. The molecule has 1 aromatic rings. The Balaban J connectivity index is 1.75. The molecule has 0 spiro atoms. The van der Waals surface area contributed by atoms with Gasteiger partial charge in [-0.15, -0.1) is 0 Å². The van der Waals surface area contributed by atoms with E-state index in [1.807, 2.05) is 12.1 Å². The number of carbonyl (C=O) groups excluding carboxylic acids is 2. The zero-order chi connectivity index (χ0) is 15.5. The molecule has 1 atom stereocenters. The Bertz CT molecular complexity index is 698. The minimum Gasteiger partial charge on any atom is -0.294 e. The maximum atomic E-state index is 12.3. The second kappa shape index (κ2) is 6.41. The van der Waals surface area contributed by atoms with Crippen molar-refractivity contribution < 1.29 is 9.59 Å². The van der Waals surface area contributed by atoms with E-state index in [9.17, 15) is 9.59 Å². The van der Waals surface area contributed by atoms with E-state index < -0.39 is 5.92 Å². The third kappa shape index (κ3) is 3.25. The Labute approximate surface area is 134 Å². The molecule has 1 amide bonds. The second-order valence-electron chi connectivity index (χ2n) is 5.56. The van der Waals surface area contributed by atoms with Crippen molar-refractivity contribution >= 4 is 35.1 Å². The van der Waals surface area contributed by atoms with E-state index in [1.54, 1.807) is 24.3 Å². The van der Waals surface area contributed by atoms with Crippen molar-refractivity contribution in [3.05, 3.63) is 52.6 Å². The summed E-state index contributed by atoms with van der Waals surface area (Å²) in [4.78, 5) is 28.4. The van der Waals surface area contributed by atoms with E-state index >= 15 is 0 Å². The molecule has 112 valence electrons. The van der Waals surface area contributed by atoms with Crippen LogP contribution >= 0.6 is 11.6 Å². The van der Waals surface area contributed by atoms with Crippen LogP contribution in [0.1, 0.15) is 31.2 Å². The number of hydrogen-bond donors (Lipinski definition) is 0. The normalized spacial score (nSPS) is 21.3. The molecule has 0 radical (unpaired) electrons. The summed E-state index contributed by atoms with van der Waals surface area (Å²) in [6.45, 7) is 0. The Hall–Kier alpha value is -2.00. The Morgan fingerprint density at radius 3 is 2.68 bits per heavy atom. The summed E-state index contributed by atoms with van der Waals surface area (Å²) in [7, 11) is 0. The summed E-state index contributed by atoms with van der Waals surface area (Å²) in [6, 6.07) is 7.17. The minimum absolute atomic E-state index is 0.221. The van der Waals surface area contributed by atoms with Gasteiger partial charge in [0.1, 0.15) is 5.92 Å². The Morgan fingerprint density at radius 2 is 1.91 bits per heavy atom. The number of halogens is 1. The first kappa shape index (κ1) is 14.9. The lowest BCUT2D eigenvalue weighted by Gasteiger charge is -2.22. The van der Waals surface area contributed by atoms with Crippen LogP contribution in [0.15, 0.2) is 47.0 Å². The number of nitrogens with zero attached hydrogens (tertiary/aromatic N) is 1. The molecule has 1 saturated carbocycles. The van der Waals surface area contributed by atoms with Crippen LogP contribution in [-0.2, 0) is 9.59 Å². The highest BCUT2D eigenvalue weighted by molar-refractivity contribution is 6.30. The molecule has 2 aliphatic rings. The lowest BCUT2D eigenvalue weighted by atomic mass is 9.86. The van der Waals surface area contributed by atoms with Crippen molar-refractivity contribution in [1.29, 1.82) is 0 Å². The summed E-state index contributed by atoms with van der Waals surface area (Å²) in [5, 5.41) is 0.648. The molecule has 1 unspecified atom stereocenters. The molecule has 1 aliphatic carbocycles. The summed E-state index contributed by atoms with van der Waals surface area (Å²) in [5.41, 5.74) is 2.82. The smallest absolute Gasteiger partial charge is 0.260 e. The number of aliphatic imine (C=N–C) groups is 1. The average molecular weight is 314 g/mol. The van der Waals surface area contributed by atoms with Crippen LogP contribution in [0.5, 0.6) is 0 Å². The van der Waals surface area contributed by atoms with E-state index in [2.05, 4.69) is 4.99 Å². The predicted molar refractivity (Wildman–Crippen MR) is 88.0 cm³/mol. The molecule has 22 heavy (non-hydrogen) atoms. The number of amides is 1. The number of fused-ring (bicyclic) bond motifs is 1. The first-order valence-corrected chi connectivity index (χ1v) is 7.81. The fraction of sp³-hybridized carbons (Fsp3) is 0.278. The van der Waals surface area contributed by atoms with Gasteiger partial charge in [0, 0.05) is 10.7 Å². The molecular weight excluding hydrogens is 298 g/mol. The molecule has 0 saturated heterocycles. The quantitative estimate of drug-likeness (QED) is 0.625. The van der Waals surface area contributed by atoms with E-state index in [-0.39, 0.29) is 11.7 Å². The maximum Gasteiger partial charge on any atom is 0.260 e. The van der Waals surface area contributed by atoms with Crippen molar-refractivity contribution in [2.45, 2.75) is 25.7 Å². The molecular formula is C18H16ClNO2. The van der Waals surface area contributed by atoms with Crippen LogP contribution < -0.4 is 0 Å². The summed E-state index contributed by atoms with van der Waals surface area (Å²) >= 11 is 5.82. The monoisotopic (exact) mass is 313 g/mol. The summed E-state index contributed by atoms with van der Waals surface area (Å²) < 4.78 is 0. The van der Waals surface area contributed by atoms with Crippen LogP contribution in [-0.4, -0.2) is 17.4 Å². The van der Waals surface area contributed by atoms with E-state index in [0.717, 1.165) is 42.5 Å². The molecule has 1 fully saturated rings. The van der Waals surface area contributed by atoms with Gasteiger partial charge < -0.3 is 0 Å². The average Bonchev–Trinajstić information content (AvgIpc) is 2.53. The van der Waals surface area contributed by atoms with Gasteiger partial charge in [0.25, 0.3) is 5.91 Å². The zero-order valence-corrected chi connectivity index (χ0v) is 12.8. The van der Waals surface area contributed by atoms with Crippen molar-refractivity contribution in [2.75, 3.05) is 0 Å². The molecule has 1 aliphatic heterocycles. The molecule has 0 bridgehead atoms. The van der Waals surface area contributed by atoms with E-state index in [4.69, 9.17) is 11.6 Å². The number of allylic oxidation sites excluding steroid dienone is 2. The van der Waals surface area contributed by atoms with Gasteiger partial charge in [-0.2, -0.15) is 0 Å². The lowest BCUT2D eigenvalue weighted by molar-refractivity contribution is -0.127. The van der Waals surface area contributed by atoms with Crippen LogP contribution in [0.4, 0.5) is 0 Å². The van der Waals surface area contributed by atoms with Crippen LogP contribution in [0.25, 0.3) is 6.08 Å². The third-order valence-corrected chi connectivity index (χ3v) is 4.23. The Kier molecular flexibility index (Phi) is 4.34. The molecule has 3 nitrogen and oxygen atoms in total. The predicted octanol–water partition coefficient (Wildman–Crippen LogP) is 4.02. The highest BCUT2D eigenvalue weighted by atomic mass is 35.5. The number of carbonyl (C=O) groups is 2. The zero-order valence-electron chi connectivity index (χ0n) is 12.1. The van der Waals surface area contributed by atoms with Gasteiger partial charge in [-0.1, -0.05) is 35.9 Å². The molecule has 0 N–H and O–H groups in total. The van der Waals surface area contributed by atoms with Gasteiger partial charge in [-0.3, -0.25) is 9.59 Å². The lowest BCUT2D eigenvalue weighted by Crippen LogP contribution is -2.27. The van der Waals surface area contributed by atoms with Gasteiger partial charge >= 0.3 is 0 Å². The van der Waals surface area contributed by atoms with Crippen molar-refractivity contribution in [3.63, 3.8) is 0 Å². The second-order valence-corrected chi connectivity index (χ2v) is 6.00. The largest absolute Gasteiger partial charge is 0.294 e. The highest BCUT2D eigenvalue weighted by Crippen LogP contribution is 2.27. The first-order chi connectivity index (χ1) is 10.6. The highest BCUT2D eigenvalue weighted by Gasteiger charge is 2.29. The van der Waals surface area contributed by atoms with Gasteiger partial charge in [-0.05, 0) is 55.0 Å². The van der Waals surface area contributed by atoms with Crippen LogP contribution in [0.3, 0.4) is 0 Å². The van der Waals surface area contributed by atoms with E-state index in [0.29, 0.717) is 5.02 Å². The molecule has 0 aromatic heterocycles. The maximum absolute atomic E-state index is 12.3. The van der Waals surface area contributed by atoms with Crippen LogP contribution in [0, 0.1) is 5.92 Å². The number of hydrogen-bond acceptors (Lipinski definition) is 2. The van der Waals surface area contributed by atoms with Crippen molar-refractivity contribution in [2.24, 2.45) is 10.9 Å². The fourth-order valence-corrected chi connectivity index (χ4v) is 2.88. The third-order valence-electron chi connectivity index (χ3n) is 3.98. The molecule has 1 aromatic carbocycles. The SMILES string of the molecule is O=C(/C=C/c1ccc(Cl)cc1)C1C=C2CCCCC2=NC1=O. The Morgan fingerprint density at radius 1 is 1.18 bits per heavy atom. The van der Waals surface area contributed by atoms with Crippen molar-refractivity contribution in [3.8, 4) is 0 Å². The van der Waals surface area contributed by atoms with Gasteiger partial charge in [-0.25, -0.2) is 4.99 Å². The molecule has 3 rings (SSSR count). The van der Waals surface area contributed by atoms with Gasteiger partial charge in [0.15, 0.2) is 5.78 Å². The molecule has 4 heteroatoms. The molecule has 1 heterocycles. The fourth-order valence-electron chi connectivity index (χ4n) is 2.75. The van der Waals surface area contributed by atoms with Crippen LogP contribution in [0.2, 0.25) is 5.02 Å². The minimum atomic E-state index is -0.764. The standard InChI is InChI=1S/C18H16ClNO2/c19-14-8-5-12(6-9-14)7-10-17(21)15-11-13-3-1-2-4-16(13)20-18(15)22/h5-11,15H,1-4H2/b10-7+. The summed E-state index contributed by atoms with van der Waals surface area (Å²) in [5.74, 6) is -1.33. The number of benzene rings is 1. The van der Waals surface area contributed by atoms with Crippen molar-refractivity contribution in [1.82, 2.24) is 0 Å². The number of dihydropyridines is 1. The summed E-state index contributed by atoms with van der Waals surface area (Å²) in [6.07, 6.45) is 8.88.